The molecular weight excluding hydrogens is 278 g/mol. The molecule has 1 aromatic rings. The van der Waals surface area contributed by atoms with Gasteiger partial charge < -0.3 is 24.6 Å². The lowest BCUT2D eigenvalue weighted by atomic mass is 10.2. The van der Waals surface area contributed by atoms with Gasteiger partial charge >= 0.3 is 5.97 Å². The Morgan fingerprint density at radius 1 is 1.33 bits per heavy atom. The van der Waals surface area contributed by atoms with Crippen molar-refractivity contribution in [2.24, 2.45) is 0 Å². The largest absolute Gasteiger partial charge is 0.480 e. The summed E-state index contributed by atoms with van der Waals surface area (Å²) in [6.07, 6.45) is 3.03. The minimum atomic E-state index is -1.04. The summed E-state index contributed by atoms with van der Waals surface area (Å²) in [6, 6.07) is 5.37. The lowest BCUT2D eigenvalue weighted by molar-refractivity contribution is -0.142. The summed E-state index contributed by atoms with van der Waals surface area (Å²) < 4.78 is 15.2. The smallest absolute Gasteiger partial charge is 0.329 e. The number of hydrogen-bond acceptors (Lipinski definition) is 5. The molecule has 1 amide bonds. The number of benzene rings is 1. The minimum Gasteiger partial charge on any atom is -0.480 e. The zero-order chi connectivity index (χ0) is 15.1. The average molecular weight is 293 g/mol. The van der Waals surface area contributed by atoms with Crippen LogP contribution in [0.25, 0.3) is 6.08 Å². The molecule has 2 N–H and O–H groups in total. The molecule has 0 radical (unpaired) electrons. The standard InChI is InChI=1S/C14H15NO6/c16-13(15-5-6-19-8-14(17)18)4-2-10-1-3-11-12(7-10)21-9-20-11/h1-4,7H,5-6,8-9H2,(H,15,16)(H,17,18). The number of aliphatic carboxylic acids is 1. The molecule has 7 heteroatoms. The van der Waals surface area contributed by atoms with Crippen LogP contribution in [0.2, 0.25) is 0 Å². The Labute approximate surface area is 121 Å². The Morgan fingerprint density at radius 3 is 2.95 bits per heavy atom. The van der Waals surface area contributed by atoms with Gasteiger partial charge in [0.15, 0.2) is 11.5 Å². The highest BCUT2D eigenvalue weighted by molar-refractivity contribution is 5.91. The molecule has 0 fully saturated rings. The minimum absolute atomic E-state index is 0.149. The molecule has 0 aliphatic carbocycles. The third-order valence-electron chi connectivity index (χ3n) is 2.59. The molecule has 1 aromatic carbocycles. The van der Waals surface area contributed by atoms with Crippen molar-refractivity contribution in [3.63, 3.8) is 0 Å². The van der Waals surface area contributed by atoms with Crippen LogP contribution in [0, 0.1) is 0 Å². The zero-order valence-corrected chi connectivity index (χ0v) is 11.2. The van der Waals surface area contributed by atoms with Gasteiger partial charge in [0.05, 0.1) is 6.61 Å². The van der Waals surface area contributed by atoms with Gasteiger partial charge in [-0.15, -0.1) is 0 Å². The molecule has 0 unspecified atom stereocenters. The van der Waals surface area contributed by atoms with E-state index in [1.165, 1.54) is 6.08 Å². The Morgan fingerprint density at radius 2 is 2.14 bits per heavy atom. The molecule has 0 saturated heterocycles. The Bertz CT molecular complexity index is 554. The first kappa shape index (κ1) is 14.9. The highest BCUT2D eigenvalue weighted by atomic mass is 16.7. The van der Waals surface area contributed by atoms with E-state index in [1.807, 2.05) is 6.07 Å². The molecule has 1 aliphatic rings. The second-order valence-electron chi connectivity index (χ2n) is 4.18. The van der Waals surface area contributed by atoms with Gasteiger partial charge in [0, 0.05) is 12.6 Å². The van der Waals surface area contributed by atoms with Crippen molar-refractivity contribution in [2.45, 2.75) is 0 Å². The van der Waals surface area contributed by atoms with Gasteiger partial charge in [-0.05, 0) is 23.8 Å². The summed E-state index contributed by atoms with van der Waals surface area (Å²) in [5.41, 5.74) is 0.816. The van der Waals surface area contributed by atoms with Gasteiger partial charge in [-0.1, -0.05) is 6.07 Å². The van der Waals surface area contributed by atoms with E-state index < -0.39 is 5.97 Å². The third kappa shape index (κ3) is 4.81. The summed E-state index contributed by atoms with van der Waals surface area (Å²) in [7, 11) is 0. The van der Waals surface area contributed by atoms with Crippen molar-refractivity contribution in [3.8, 4) is 11.5 Å². The first-order valence-corrected chi connectivity index (χ1v) is 6.30. The normalized spacial score (nSPS) is 12.6. The molecule has 2 rings (SSSR count). The lowest BCUT2D eigenvalue weighted by Gasteiger charge is -2.02. The summed E-state index contributed by atoms with van der Waals surface area (Å²) in [5.74, 6) is 0.0161. The fourth-order valence-electron chi connectivity index (χ4n) is 1.65. The number of carboxylic acids is 1. The number of carboxylic acid groups (broad SMARTS) is 1. The van der Waals surface area contributed by atoms with E-state index in [2.05, 4.69) is 5.32 Å². The molecule has 1 heterocycles. The fourth-order valence-corrected chi connectivity index (χ4v) is 1.65. The van der Waals surface area contributed by atoms with Gasteiger partial charge in [-0.3, -0.25) is 4.79 Å². The van der Waals surface area contributed by atoms with Crippen LogP contribution in [0.15, 0.2) is 24.3 Å². The predicted molar refractivity (Wildman–Crippen MR) is 73.1 cm³/mol. The summed E-state index contributed by atoms with van der Waals surface area (Å²) >= 11 is 0. The van der Waals surface area contributed by atoms with E-state index >= 15 is 0 Å². The van der Waals surface area contributed by atoms with Crippen molar-refractivity contribution in [1.29, 1.82) is 0 Å². The van der Waals surface area contributed by atoms with E-state index in [4.69, 9.17) is 19.3 Å². The van der Waals surface area contributed by atoms with Crippen molar-refractivity contribution < 1.29 is 28.9 Å². The van der Waals surface area contributed by atoms with E-state index in [9.17, 15) is 9.59 Å². The molecule has 21 heavy (non-hydrogen) atoms. The first-order valence-electron chi connectivity index (χ1n) is 6.30. The van der Waals surface area contributed by atoms with Crippen LogP contribution in [-0.2, 0) is 14.3 Å². The van der Waals surface area contributed by atoms with Gasteiger partial charge in [-0.2, -0.15) is 0 Å². The van der Waals surface area contributed by atoms with Crippen LogP contribution < -0.4 is 14.8 Å². The van der Waals surface area contributed by atoms with E-state index in [0.717, 1.165) is 5.56 Å². The molecule has 7 nitrogen and oxygen atoms in total. The van der Waals surface area contributed by atoms with Crippen LogP contribution >= 0.6 is 0 Å². The second-order valence-corrected chi connectivity index (χ2v) is 4.18. The van der Waals surface area contributed by atoms with Crippen molar-refractivity contribution in [3.05, 3.63) is 29.8 Å². The van der Waals surface area contributed by atoms with E-state index in [1.54, 1.807) is 18.2 Å². The Hall–Kier alpha value is -2.54. The van der Waals surface area contributed by atoms with Gasteiger partial charge in [-0.25, -0.2) is 4.79 Å². The van der Waals surface area contributed by atoms with Crippen LogP contribution in [0.5, 0.6) is 11.5 Å². The van der Waals surface area contributed by atoms with Crippen molar-refractivity contribution in [1.82, 2.24) is 5.32 Å². The van der Waals surface area contributed by atoms with Gasteiger partial charge in [0.25, 0.3) is 0 Å². The summed E-state index contributed by atoms with van der Waals surface area (Å²) in [4.78, 5) is 21.7. The number of amides is 1. The second kappa shape index (κ2) is 7.30. The number of hydrogen-bond donors (Lipinski definition) is 2. The molecule has 0 atom stereocenters. The molecule has 0 aromatic heterocycles. The number of nitrogens with one attached hydrogen (secondary N) is 1. The molecule has 0 spiro atoms. The highest BCUT2D eigenvalue weighted by Gasteiger charge is 2.12. The highest BCUT2D eigenvalue weighted by Crippen LogP contribution is 2.32. The maximum absolute atomic E-state index is 11.5. The topological polar surface area (TPSA) is 94.1 Å². The number of carbonyl (C=O) groups excluding carboxylic acids is 1. The average Bonchev–Trinajstić information content (AvgIpc) is 2.92. The summed E-state index contributed by atoms with van der Waals surface area (Å²) in [6.45, 7) is 0.232. The lowest BCUT2D eigenvalue weighted by Crippen LogP contribution is -2.26. The van der Waals surface area contributed by atoms with Crippen LogP contribution in [0.3, 0.4) is 0 Å². The monoisotopic (exact) mass is 293 g/mol. The van der Waals surface area contributed by atoms with Crippen LogP contribution in [-0.4, -0.2) is 43.5 Å². The van der Waals surface area contributed by atoms with Crippen LogP contribution in [0.1, 0.15) is 5.56 Å². The number of rotatable bonds is 7. The van der Waals surface area contributed by atoms with Gasteiger partial charge in [0.1, 0.15) is 6.61 Å². The molecule has 1 aliphatic heterocycles. The zero-order valence-electron chi connectivity index (χ0n) is 11.2. The van der Waals surface area contributed by atoms with E-state index in [0.29, 0.717) is 11.5 Å². The SMILES string of the molecule is O=C(O)COCCNC(=O)C=Cc1ccc2c(c1)OCO2. The number of fused-ring (bicyclic) bond motifs is 1. The number of carbonyl (C=O) groups is 2. The predicted octanol–water partition coefficient (Wildman–Crippen LogP) is 0.646. The summed E-state index contributed by atoms with van der Waals surface area (Å²) in [5, 5.41) is 10.9. The first-order chi connectivity index (χ1) is 10.1. The number of ether oxygens (including phenoxy) is 3. The van der Waals surface area contributed by atoms with Gasteiger partial charge in [0.2, 0.25) is 12.7 Å². The van der Waals surface area contributed by atoms with E-state index in [-0.39, 0.29) is 32.5 Å². The van der Waals surface area contributed by atoms with Crippen molar-refractivity contribution in [2.75, 3.05) is 26.6 Å². The fraction of sp³-hybridized carbons (Fsp3) is 0.286. The maximum Gasteiger partial charge on any atom is 0.329 e. The van der Waals surface area contributed by atoms with Crippen molar-refractivity contribution >= 4 is 18.0 Å². The Balaban J connectivity index is 1.73. The molecular formula is C14H15NO6. The molecule has 112 valence electrons. The third-order valence-corrected chi connectivity index (χ3v) is 2.59. The van der Waals surface area contributed by atoms with Crippen LogP contribution in [0.4, 0.5) is 0 Å². The molecule has 0 saturated carbocycles. The Kier molecular flexibility index (Phi) is 5.16. The molecule has 0 bridgehead atoms. The quantitative estimate of drug-likeness (QED) is 0.566. The maximum atomic E-state index is 11.5.